The van der Waals surface area contributed by atoms with Gasteiger partial charge in [-0.25, -0.2) is 0 Å². The van der Waals surface area contributed by atoms with Crippen LogP contribution in [0.25, 0.3) is 0 Å². The molecule has 1 aliphatic heterocycles. The van der Waals surface area contributed by atoms with E-state index in [0.29, 0.717) is 0 Å². The molecule has 1 heterocycles. The maximum Gasteiger partial charge on any atom is 0.172 e. The van der Waals surface area contributed by atoms with Crippen LogP contribution in [0.5, 0.6) is 0 Å². The van der Waals surface area contributed by atoms with Crippen molar-refractivity contribution in [3.63, 3.8) is 0 Å². The fourth-order valence-corrected chi connectivity index (χ4v) is 0.832. The van der Waals surface area contributed by atoms with Crippen LogP contribution >= 0.6 is 0 Å². The first-order valence-electron chi connectivity index (χ1n) is 3.04. The Hall–Kier alpha value is -0.200. The minimum absolute atomic E-state index is 0.0734. The Balaban J connectivity index is 2.52. The highest BCUT2D eigenvalue weighted by Gasteiger charge is 2.34. The second-order valence-electron chi connectivity index (χ2n) is 2.36. The van der Waals surface area contributed by atoms with Crippen LogP contribution in [0, 0.1) is 0 Å². The lowest BCUT2D eigenvalue weighted by Crippen LogP contribution is -2.57. The summed E-state index contributed by atoms with van der Waals surface area (Å²) in [6.45, 7) is -0.0734. The van der Waals surface area contributed by atoms with Crippen LogP contribution in [0.4, 0.5) is 0 Å². The molecule has 4 atom stereocenters. The van der Waals surface area contributed by atoms with Gasteiger partial charge in [-0.3, -0.25) is 0 Å². The van der Waals surface area contributed by atoms with Gasteiger partial charge in [0.25, 0.3) is 0 Å². The van der Waals surface area contributed by atoms with Crippen LogP contribution in [-0.4, -0.2) is 46.5 Å². The average Bonchev–Trinajstić information content (AvgIpc) is 1.93. The third-order valence-electron chi connectivity index (χ3n) is 1.56. The third kappa shape index (κ3) is 1.28. The molecule has 0 aromatic heterocycles. The molecule has 5 nitrogen and oxygen atoms in total. The molecular weight excluding hydrogens is 138 g/mol. The van der Waals surface area contributed by atoms with Crippen molar-refractivity contribution in [2.24, 2.45) is 5.73 Å². The normalized spacial score (nSPS) is 49.2. The third-order valence-corrected chi connectivity index (χ3v) is 1.56. The Morgan fingerprint density at radius 2 is 1.90 bits per heavy atom. The number of rotatable bonds is 0. The molecule has 10 heavy (non-hydrogen) atoms. The molecule has 1 rings (SSSR count). The quantitative estimate of drug-likeness (QED) is 0.302. The van der Waals surface area contributed by atoms with Crippen molar-refractivity contribution >= 4 is 0 Å². The molecule has 0 amide bonds. The van der Waals surface area contributed by atoms with Gasteiger partial charge in [-0.1, -0.05) is 0 Å². The largest absolute Gasteiger partial charge is 0.389 e. The predicted molar refractivity (Wildman–Crippen MR) is 31.9 cm³/mol. The first kappa shape index (κ1) is 7.90. The lowest BCUT2D eigenvalue weighted by atomic mass is 10.0. The van der Waals surface area contributed by atoms with Gasteiger partial charge in [0, 0.05) is 0 Å². The Morgan fingerprint density at radius 1 is 1.30 bits per heavy atom. The van der Waals surface area contributed by atoms with Crippen molar-refractivity contribution in [1.82, 2.24) is 0 Å². The molecule has 0 radical (unpaired) electrons. The van der Waals surface area contributed by atoms with E-state index in [0.717, 1.165) is 0 Å². The topological polar surface area (TPSA) is 95.9 Å². The van der Waals surface area contributed by atoms with Gasteiger partial charge in [-0.15, -0.1) is 0 Å². The molecule has 0 spiro atoms. The first-order valence-corrected chi connectivity index (χ1v) is 3.04. The zero-order chi connectivity index (χ0) is 7.72. The monoisotopic (exact) mass is 149 g/mol. The highest BCUT2D eigenvalue weighted by Crippen LogP contribution is 2.10. The molecule has 1 fully saturated rings. The maximum atomic E-state index is 9.00. The number of hydrogen-bond donors (Lipinski definition) is 4. The average molecular weight is 149 g/mol. The first-order chi connectivity index (χ1) is 4.63. The van der Waals surface area contributed by atoms with E-state index in [-0.39, 0.29) is 6.61 Å². The molecule has 0 aliphatic carbocycles. The van der Waals surface area contributed by atoms with Gasteiger partial charge in [-0.2, -0.15) is 0 Å². The molecule has 5 heteroatoms. The number of aliphatic hydroxyl groups excluding tert-OH is 3. The summed E-state index contributed by atoms with van der Waals surface area (Å²) < 4.78 is 4.59. The van der Waals surface area contributed by atoms with E-state index < -0.39 is 24.5 Å². The Bertz CT molecular complexity index is 106. The maximum absolute atomic E-state index is 9.00. The number of ether oxygens (including phenoxy) is 1. The number of hydrogen-bond acceptors (Lipinski definition) is 5. The smallest absolute Gasteiger partial charge is 0.172 e. The van der Waals surface area contributed by atoms with Gasteiger partial charge in [-0.05, 0) is 0 Å². The van der Waals surface area contributed by atoms with E-state index in [4.69, 9.17) is 21.1 Å². The Labute approximate surface area is 58.0 Å². The second-order valence-corrected chi connectivity index (χ2v) is 2.36. The van der Waals surface area contributed by atoms with E-state index in [9.17, 15) is 0 Å². The van der Waals surface area contributed by atoms with E-state index >= 15 is 0 Å². The lowest BCUT2D eigenvalue weighted by molar-refractivity contribution is -0.205. The standard InChI is InChI=1S/C5H11NO4/c6-3-4(8)2(7)1-10-5(3)9/h2-5,7-9H,1,6H2/t2-,3+,4+,5?/m1/s1. The van der Waals surface area contributed by atoms with Gasteiger partial charge in [0.05, 0.1) is 12.6 Å². The highest BCUT2D eigenvalue weighted by molar-refractivity contribution is 4.84. The van der Waals surface area contributed by atoms with Gasteiger partial charge < -0.3 is 25.8 Å². The molecule has 1 unspecified atom stereocenters. The zero-order valence-corrected chi connectivity index (χ0v) is 5.34. The van der Waals surface area contributed by atoms with Gasteiger partial charge in [0.15, 0.2) is 6.29 Å². The summed E-state index contributed by atoms with van der Waals surface area (Å²) in [5, 5.41) is 26.7. The summed E-state index contributed by atoms with van der Waals surface area (Å²) in [4.78, 5) is 0. The van der Waals surface area contributed by atoms with Crippen molar-refractivity contribution in [2.75, 3.05) is 6.61 Å². The van der Waals surface area contributed by atoms with Crippen LogP contribution in [0.3, 0.4) is 0 Å². The van der Waals surface area contributed by atoms with E-state index in [1.807, 2.05) is 0 Å². The SMILES string of the molecule is N[C@@H]1C(O)OC[C@@H](O)[C@@H]1O. The van der Waals surface area contributed by atoms with Crippen molar-refractivity contribution in [3.05, 3.63) is 0 Å². The molecule has 1 saturated heterocycles. The predicted octanol–water partition coefficient (Wildman–Crippen LogP) is -2.62. The van der Waals surface area contributed by atoms with E-state index in [1.165, 1.54) is 0 Å². The van der Waals surface area contributed by atoms with Gasteiger partial charge >= 0.3 is 0 Å². The zero-order valence-electron chi connectivity index (χ0n) is 5.34. The molecule has 0 aromatic rings. The molecule has 0 bridgehead atoms. The Morgan fingerprint density at radius 3 is 2.40 bits per heavy atom. The summed E-state index contributed by atoms with van der Waals surface area (Å²) in [5.41, 5.74) is 5.23. The molecule has 1 aliphatic rings. The van der Waals surface area contributed by atoms with E-state index in [2.05, 4.69) is 4.74 Å². The Kier molecular flexibility index (Phi) is 2.22. The summed E-state index contributed by atoms with van der Waals surface area (Å²) in [5.74, 6) is 0. The van der Waals surface area contributed by atoms with Crippen LogP contribution in [0.15, 0.2) is 0 Å². The summed E-state index contributed by atoms with van der Waals surface area (Å²) in [6.07, 6.45) is -3.25. The van der Waals surface area contributed by atoms with E-state index in [1.54, 1.807) is 0 Å². The summed E-state index contributed by atoms with van der Waals surface area (Å²) in [6, 6.07) is -0.913. The molecular formula is C5H11NO4. The number of nitrogens with two attached hydrogens (primary N) is 1. The molecule has 0 saturated carbocycles. The molecule has 0 aromatic carbocycles. The van der Waals surface area contributed by atoms with Gasteiger partial charge in [0.1, 0.15) is 12.2 Å². The van der Waals surface area contributed by atoms with Crippen LogP contribution in [0.1, 0.15) is 0 Å². The van der Waals surface area contributed by atoms with Crippen molar-refractivity contribution < 1.29 is 20.1 Å². The minimum atomic E-state index is -1.17. The summed E-state index contributed by atoms with van der Waals surface area (Å²) >= 11 is 0. The lowest BCUT2D eigenvalue weighted by Gasteiger charge is -2.32. The molecule has 5 N–H and O–H groups in total. The fourth-order valence-electron chi connectivity index (χ4n) is 0.832. The highest BCUT2D eigenvalue weighted by atomic mass is 16.6. The summed E-state index contributed by atoms with van der Waals surface area (Å²) in [7, 11) is 0. The second kappa shape index (κ2) is 2.81. The molecule has 60 valence electrons. The fraction of sp³-hybridized carbons (Fsp3) is 1.00. The minimum Gasteiger partial charge on any atom is -0.389 e. The van der Waals surface area contributed by atoms with Crippen molar-refractivity contribution in [1.29, 1.82) is 0 Å². The van der Waals surface area contributed by atoms with Gasteiger partial charge in [0.2, 0.25) is 0 Å². The van der Waals surface area contributed by atoms with Crippen molar-refractivity contribution in [2.45, 2.75) is 24.5 Å². The van der Waals surface area contributed by atoms with Crippen LogP contribution in [-0.2, 0) is 4.74 Å². The number of aliphatic hydroxyl groups is 3. The van der Waals surface area contributed by atoms with Crippen molar-refractivity contribution in [3.8, 4) is 0 Å². The van der Waals surface area contributed by atoms with Crippen LogP contribution in [0.2, 0.25) is 0 Å². The van der Waals surface area contributed by atoms with Crippen LogP contribution < -0.4 is 5.73 Å².